The van der Waals surface area contributed by atoms with Crippen molar-refractivity contribution in [2.75, 3.05) is 13.1 Å². The monoisotopic (exact) mass is 356 g/mol. The van der Waals surface area contributed by atoms with E-state index in [2.05, 4.69) is 5.48 Å². The Morgan fingerprint density at radius 2 is 1.85 bits per heavy atom. The molecule has 1 fully saturated rings. The fourth-order valence-corrected chi connectivity index (χ4v) is 3.00. The number of nitrogens with one attached hydrogen (secondary N) is 1. The van der Waals surface area contributed by atoms with Crippen LogP contribution in [0.1, 0.15) is 28.8 Å². The van der Waals surface area contributed by atoms with Gasteiger partial charge in [-0.3, -0.25) is 14.4 Å². The summed E-state index contributed by atoms with van der Waals surface area (Å²) in [6.45, 7) is 1.21. The number of amides is 2. The molecule has 0 aliphatic carbocycles. The van der Waals surface area contributed by atoms with E-state index in [4.69, 9.17) is 4.84 Å². The SMILES string of the molecule is O=C(NOCc1ccccc1)[C@H]1CCCN(C(=O)c2ccc(F)cc2)C1. The van der Waals surface area contributed by atoms with E-state index >= 15 is 0 Å². The Kier molecular flexibility index (Phi) is 5.96. The van der Waals surface area contributed by atoms with Crippen molar-refractivity contribution in [1.29, 1.82) is 0 Å². The molecule has 2 amide bonds. The lowest BCUT2D eigenvalue weighted by Crippen LogP contribution is -2.45. The molecular weight excluding hydrogens is 335 g/mol. The smallest absolute Gasteiger partial charge is 0.253 e. The van der Waals surface area contributed by atoms with Crippen molar-refractivity contribution in [3.8, 4) is 0 Å². The number of benzene rings is 2. The highest BCUT2D eigenvalue weighted by atomic mass is 19.1. The van der Waals surface area contributed by atoms with Gasteiger partial charge in [0.25, 0.3) is 5.91 Å². The molecule has 1 aliphatic rings. The largest absolute Gasteiger partial charge is 0.338 e. The average Bonchev–Trinajstić information content (AvgIpc) is 2.69. The van der Waals surface area contributed by atoms with Crippen LogP contribution in [0.4, 0.5) is 4.39 Å². The van der Waals surface area contributed by atoms with Gasteiger partial charge in [-0.1, -0.05) is 30.3 Å². The number of hydroxylamine groups is 1. The van der Waals surface area contributed by atoms with E-state index in [9.17, 15) is 14.0 Å². The second-order valence-electron chi connectivity index (χ2n) is 6.34. The van der Waals surface area contributed by atoms with Gasteiger partial charge in [-0.2, -0.15) is 0 Å². The first-order valence-corrected chi connectivity index (χ1v) is 8.64. The van der Waals surface area contributed by atoms with Crippen LogP contribution in [0.15, 0.2) is 54.6 Å². The molecular formula is C20H21FN2O3. The Balaban J connectivity index is 1.51. The second kappa shape index (κ2) is 8.58. The van der Waals surface area contributed by atoms with Crippen LogP contribution in [0, 0.1) is 11.7 Å². The molecule has 0 aromatic heterocycles. The van der Waals surface area contributed by atoms with Gasteiger partial charge >= 0.3 is 0 Å². The van der Waals surface area contributed by atoms with Crippen LogP contribution in [-0.2, 0) is 16.2 Å². The van der Waals surface area contributed by atoms with Crippen molar-refractivity contribution >= 4 is 11.8 Å². The highest BCUT2D eigenvalue weighted by molar-refractivity contribution is 5.94. The van der Waals surface area contributed by atoms with E-state index in [1.807, 2.05) is 30.3 Å². The maximum absolute atomic E-state index is 13.0. The minimum Gasteiger partial charge on any atom is -0.338 e. The zero-order valence-electron chi connectivity index (χ0n) is 14.4. The van der Waals surface area contributed by atoms with Crippen LogP contribution in [0.25, 0.3) is 0 Å². The Hall–Kier alpha value is -2.73. The van der Waals surface area contributed by atoms with E-state index in [-0.39, 0.29) is 30.2 Å². The van der Waals surface area contributed by atoms with Crippen LogP contribution in [0.5, 0.6) is 0 Å². The van der Waals surface area contributed by atoms with Gasteiger partial charge in [0.05, 0.1) is 12.5 Å². The van der Waals surface area contributed by atoms with Crippen LogP contribution in [0.2, 0.25) is 0 Å². The lowest BCUT2D eigenvalue weighted by atomic mass is 9.97. The van der Waals surface area contributed by atoms with Crippen LogP contribution in [0.3, 0.4) is 0 Å². The van der Waals surface area contributed by atoms with Crippen molar-refractivity contribution in [2.24, 2.45) is 5.92 Å². The van der Waals surface area contributed by atoms with Gasteiger partial charge in [0.15, 0.2) is 0 Å². The van der Waals surface area contributed by atoms with E-state index in [0.29, 0.717) is 25.1 Å². The van der Waals surface area contributed by atoms with Crippen molar-refractivity contribution < 1.29 is 18.8 Å². The molecule has 1 saturated heterocycles. The van der Waals surface area contributed by atoms with E-state index in [0.717, 1.165) is 12.0 Å². The number of hydrogen-bond donors (Lipinski definition) is 1. The molecule has 3 rings (SSSR count). The standard InChI is InChI=1S/C20H21FN2O3/c21-18-10-8-16(9-11-18)20(25)23-12-4-7-17(13-23)19(24)22-26-14-15-5-2-1-3-6-15/h1-3,5-6,8-11,17H,4,7,12-14H2,(H,22,24)/t17-/m0/s1. The molecule has 5 nitrogen and oxygen atoms in total. The summed E-state index contributed by atoms with van der Waals surface area (Å²) in [7, 11) is 0. The highest BCUT2D eigenvalue weighted by Gasteiger charge is 2.29. The lowest BCUT2D eigenvalue weighted by Gasteiger charge is -2.32. The van der Waals surface area contributed by atoms with Crippen molar-refractivity contribution in [3.05, 3.63) is 71.5 Å². The van der Waals surface area contributed by atoms with Gasteiger partial charge in [-0.15, -0.1) is 0 Å². The predicted molar refractivity (Wildman–Crippen MR) is 94.4 cm³/mol. The van der Waals surface area contributed by atoms with Gasteiger partial charge in [-0.25, -0.2) is 9.87 Å². The first-order chi connectivity index (χ1) is 12.6. The fourth-order valence-electron chi connectivity index (χ4n) is 3.00. The van der Waals surface area contributed by atoms with Crippen LogP contribution >= 0.6 is 0 Å². The molecule has 1 heterocycles. The number of rotatable bonds is 5. The van der Waals surface area contributed by atoms with Crippen LogP contribution < -0.4 is 5.48 Å². The quantitative estimate of drug-likeness (QED) is 0.838. The van der Waals surface area contributed by atoms with Crippen molar-refractivity contribution in [1.82, 2.24) is 10.4 Å². The third-order valence-electron chi connectivity index (χ3n) is 4.42. The topological polar surface area (TPSA) is 58.6 Å². The molecule has 1 aliphatic heterocycles. The molecule has 0 unspecified atom stereocenters. The molecule has 1 atom stereocenters. The maximum Gasteiger partial charge on any atom is 0.253 e. The third-order valence-corrected chi connectivity index (χ3v) is 4.42. The average molecular weight is 356 g/mol. The number of carbonyl (C=O) groups excluding carboxylic acids is 2. The molecule has 2 aromatic carbocycles. The molecule has 0 saturated carbocycles. The summed E-state index contributed by atoms with van der Waals surface area (Å²) in [5.41, 5.74) is 3.87. The zero-order valence-corrected chi connectivity index (χ0v) is 14.4. The fraction of sp³-hybridized carbons (Fsp3) is 0.300. The summed E-state index contributed by atoms with van der Waals surface area (Å²) >= 11 is 0. The molecule has 2 aromatic rings. The molecule has 136 valence electrons. The third kappa shape index (κ3) is 4.67. The number of likely N-dealkylation sites (tertiary alicyclic amines) is 1. The van der Waals surface area contributed by atoms with Gasteiger partial charge in [0, 0.05) is 18.7 Å². The maximum atomic E-state index is 13.0. The van der Waals surface area contributed by atoms with Crippen LogP contribution in [-0.4, -0.2) is 29.8 Å². The number of piperidine rings is 1. The summed E-state index contributed by atoms with van der Waals surface area (Å²) in [6.07, 6.45) is 1.44. The Morgan fingerprint density at radius 1 is 1.12 bits per heavy atom. The molecule has 6 heteroatoms. The first kappa shape index (κ1) is 18.1. The normalized spacial score (nSPS) is 17.0. The molecule has 0 bridgehead atoms. The van der Waals surface area contributed by atoms with Crippen molar-refractivity contribution in [3.63, 3.8) is 0 Å². The minimum absolute atomic E-state index is 0.187. The number of nitrogens with zero attached hydrogens (tertiary/aromatic N) is 1. The van der Waals surface area contributed by atoms with E-state index in [1.54, 1.807) is 4.90 Å². The van der Waals surface area contributed by atoms with Gasteiger partial charge in [-0.05, 0) is 42.7 Å². The summed E-state index contributed by atoms with van der Waals surface area (Å²) in [6, 6.07) is 15.0. The summed E-state index contributed by atoms with van der Waals surface area (Å²) in [4.78, 5) is 31.8. The highest BCUT2D eigenvalue weighted by Crippen LogP contribution is 2.19. The van der Waals surface area contributed by atoms with Gasteiger partial charge in [0.2, 0.25) is 5.91 Å². The van der Waals surface area contributed by atoms with Crippen molar-refractivity contribution in [2.45, 2.75) is 19.4 Å². The molecule has 0 spiro atoms. The summed E-state index contributed by atoms with van der Waals surface area (Å²) < 4.78 is 13.0. The lowest BCUT2D eigenvalue weighted by molar-refractivity contribution is -0.140. The van der Waals surface area contributed by atoms with Gasteiger partial charge in [0.1, 0.15) is 5.82 Å². The number of carbonyl (C=O) groups is 2. The predicted octanol–water partition coefficient (Wildman–Crippen LogP) is 2.93. The first-order valence-electron chi connectivity index (χ1n) is 8.64. The van der Waals surface area contributed by atoms with E-state index < -0.39 is 0 Å². The molecule has 26 heavy (non-hydrogen) atoms. The molecule has 0 radical (unpaired) electrons. The Morgan fingerprint density at radius 3 is 2.58 bits per heavy atom. The number of hydrogen-bond acceptors (Lipinski definition) is 3. The van der Waals surface area contributed by atoms with Gasteiger partial charge < -0.3 is 4.90 Å². The minimum atomic E-state index is -0.381. The summed E-state index contributed by atoms with van der Waals surface area (Å²) in [5, 5.41) is 0. The Bertz CT molecular complexity index is 749. The summed E-state index contributed by atoms with van der Waals surface area (Å²) in [5.74, 6) is -1.11. The Labute approximate surface area is 151 Å². The second-order valence-corrected chi connectivity index (χ2v) is 6.34. The zero-order chi connectivity index (χ0) is 18.4. The van der Waals surface area contributed by atoms with E-state index in [1.165, 1.54) is 24.3 Å². The number of halogens is 1. The molecule has 1 N–H and O–H groups in total.